The number of carbonyl (C=O) groups is 1. The monoisotopic (exact) mass is 355 g/mol. The van der Waals surface area contributed by atoms with E-state index in [1.165, 1.54) is 0 Å². The van der Waals surface area contributed by atoms with Gasteiger partial charge in [0.1, 0.15) is 0 Å². The van der Waals surface area contributed by atoms with Crippen molar-refractivity contribution in [3.8, 4) is 0 Å². The molecule has 24 heavy (non-hydrogen) atoms. The molecule has 2 N–H and O–H groups in total. The summed E-state index contributed by atoms with van der Waals surface area (Å²) in [5.41, 5.74) is 1.01. The third kappa shape index (κ3) is 6.20. The molecule has 0 radical (unpaired) electrons. The fourth-order valence-electron chi connectivity index (χ4n) is 2.34. The Labute approximate surface area is 143 Å². The molecule has 134 valence electrons. The summed E-state index contributed by atoms with van der Waals surface area (Å²) in [6, 6.07) is 6.70. The van der Waals surface area contributed by atoms with Crippen molar-refractivity contribution in [1.29, 1.82) is 0 Å². The van der Waals surface area contributed by atoms with E-state index in [4.69, 9.17) is 4.74 Å². The maximum Gasteiger partial charge on any atom is 0.240 e. The quantitative estimate of drug-likeness (QED) is 0.647. The van der Waals surface area contributed by atoms with Crippen LogP contribution >= 0.6 is 0 Å². The molecule has 1 aromatic carbocycles. The Morgan fingerprint density at radius 2 is 1.83 bits per heavy atom. The van der Waals surface area contributed by atoms with E-state index in [1.807, 2.05) is 11.8 Å². The summed E-state index contributed by atoms with van der Waals surface area (Å²) in [6.07, 6.45) is 0.542. The maximum absolute atomic E-state index is 12.1. The summed E-state index contributed by atoms with van der Waals surface area (Å²) >= 11 is 0. The van der Waals surface area contributed by atoms with Gasteiger partial charge < -0.3 is 10.1 Å². The molecule has 1 saturated heterocycles. The average Bonchev–Trinajstić information content (AvgIpc) is 2.56. The van der Waals surface area contributed by atoms with Crippen LogP contribution in [0.1, 0.15) is 12.0 Å². The topological polar surface area (TPSA) is 87.7 Å². The molecule has 1 aliphatic heterocycles. The van der Waals surface area contributed by atoms with E-state index < -0.39 is 10.0 Å². The van der Waals surface area contributed by atoms with Crippen molar-refractivity contribution in [3.05, 3.63) is 29.8 Å². The second-order valence-electron chi connectivity index (χ2n) is 5.80. The van der Waals surface area contributed by atoms with Crippen LogP contribution in [-0.4, -0.2) is 65.2 Å². The molecule has 1 aliphatic rings. The SMILES string of the molecule is Cc1ccc(S(=O)(=O)NCCCNC(=O)CN2CCOCC2)cc1. The first-order chi connectivity index (χ1) is 11.5. The maximum atomic E-state index is 12.1. The third-order valence-electron chi connectivity index (χ3n) is 3.77. The first kappa shape index (κ1) is 18.9. The zero-order valence-electron chi connectivity index (χ0n) is 14.0. The second kappa shape index (κ2) is 9.12. The van der Waals surface area contributed by atoms with Crippen LogP contribution in [0.4, 0.5) is 0 Å². The number of nitrogens with one attached hydrogen (secondary N) is 2. The predicted molar refractivity (Wildman–Crippen MR) is 91.3 cm³/mol. The van der Waals surface area contributed by atoms with Crippen LogP contribution in [0.25, 0.3) is 0 Å². The zero-order chi connectivity index (χ0) is 17.4. The number of hydrogen-bond acceptors (Lipinski definition) is 5. The third-order valence-corrected chi connectivity index (χ3v) is 5.25. The molecule has 0 bridgehead atoms. The highest BCUT2D eigenvalue weighted by molar-refractivity contribution is 7.89. The van der Waals surface area contributed by atoms with E-state index in [-0.39, 0.29) is 17.3 Å². The summed E-state index contributed by atoms with van der Waals surface area (Å²) in [4.78, 5) is 14.1. The number of amides is 1. The molecule has 1 amide bonds. The van der Waals surface area contributed by atoms with Crippen LogP contribution in [0.5, 0.6) is 0 Å². The van der Waals surface area contributed by atoms with Gasteiger partial charge in [0.15, 0.2) is 0 Å². The number of morpholine rings is 1. The Bertz CT molecular complexity index is 625. The predicted octanol–water partition coefficient (Wildman–Crippen LogP) is 0.112. The van der Waals surface area contributed by atoms with E-state index in [1.54, 1.807) is 24.3 Å². The Morgan fingerprint density at radius 3 is 2.50 bits per heavy atom. The van der Waals surface area contributed by atoms with Crippen LogP contribution in [-0.2, 0) is 19.6 Å². The number of rotatable bonds is 8. The molecule has 0 unspecified atom stereocenters. The van der Waals surface area contributed by atoms with E-state index >= 15 is 0 Å². The molecule has 0 aromatic heterocycles. The largest absolute Gasteiger partial charge is 0.379 e. The van der Waals surface area contributed by atoms with Gasteiger partial charge in [-0.1, -0.05) is 17.7 Å². The lowest BCUT2D eigenvalue weighted by atomic mass is 10.2. The molecular weight excluding hydrogens is 330 g/mol. The van der Waals surface area contributed by atoms with Crippen LogP contribution in [0.2, 0.25) is 0 Å². The Hall–Kier alpha value is -1.48. The van der Waals surface area contributed by atoms with Gasteiger partial charge >= 0.3 is 0 Å². The van der Waals surface area contributed by atoms with Crippen LogP contribution in [0, 0.1) is 6.92 Å². The first-order valence-electron chi connectivity index (χ1n) is 8.10. The van der Waals surface area contributed by atoms with Crippen molar-refractivity contribution in [2.24, 2.45) is 0 Å². The number of sulfonamides is 1. The second-order valence-corrected chi connectivity index (χ2v) is 7.57. The summed E-state index contributed by atoms with van der Waals surface area (Å²) in [5, 5.41) is 2.81. The zero-order valence-corrected chi connectivity index (χ0v) is 14.8. The molecule has 1 heterocycles. The van der Waals surface area contributed by atoms with Gasteiger partial charge in [-0.25, -0.2) is 13.1 Å². The molecule has 0 atom stereocenters. The average molecular weight is 355 g/mol. The number of carbonyl (C=O) groups excluding carboxylic acids is 1. The molecule has 0 spiro atoms. The van der Waals surface area contributed by atoms with E-state index in [9.17, 15) is 13.2 Å². The van der Waals surface area contributed by atoms with Gasteiger partial charge in [-0.3, -0.25) is 9.69 Å². The molecule has 7 nitrogen and oxygen atoms in total. The van der Waals surface area contributed by atoms with E-state index in [0.29, 0.717) is 32.7 Å². The van der Waals surface area contributed by atoms with Crippen molar-refractivity contribution in [1.82, 2.24) is 14.9 Å². The fraction of sp³-hybridized carbons (Fsp3) is 0.562. The number of nitrogens with zero attached hydrogens (tertiary/aromatic N) is 1. The standard InChI is InChI=1S/C16H25N3O4S/c1-14-3-5-15(6-4-14)24(21,22)18-8-2-7-17-16(20)13-19-9-11-23-12-10-19/h3-6,18H,2,7-13H2,1H3,(H,17,20). The minimum absolute atomic E-state index is 0.0432. The molecule has 0 saturated carbocycles. The minimum atomic E-state index is -3.49. The number of benzene rings is 1. The summed E-state index contributed by atoms with van der Waals surface area (Å²) in [7, 11) is -3.49. The van der Waals surface area contributed by atoms with Crippen LogP contribution in [0.15, 0.2) is 29.2 Å². The number of ether oxygens (including phenoxy) is 1. The molecule has 2 rings (SSSR count). The Morgan fingerprint density at radius 1 is 1.17 bits per heavy atom. The van der Waals surface area contributed by atoms with Gasteiger partial charge in [0, 0.05) is 26.2 Å². The van der Waals surface area contributed by atoms with Crippen molar-refractivity contribution in [3.63, 3.8) is 0 Å². The highest BCUT2D eigenvalue weighted by atomic mass is 32.2. The lowest BCUT2D eigenvalue weighted by Gasteiger charge is -2.25. The van der Waals surface area contributed by atoms with Gasteiger partial charge in [-0.2, -0.15) is 0 Å². The molecule has 8 heteroatoms. The van der Waals surface area contributed by atoms with Gasteiger partial charge in [-0.05, 0) is 25.5 Å². The van der Waals surface area contributed by atoms with Crippen molar-refractivity contribution in [2.45, 2.75) is 18.2 Å². The first-order valence-corrected chi connectivity index (χ1v) is 9.59. The van der Waals surface area contributed by atoms with Crippen molar-refractivity contribution >= 4 is 15.9 Å². The fourth-order valence-corrected chi connectivity index (χ4v) is 3.42. The summed E-state index contributed by atoms with van der Waals surface area (Å²) < 4.78 is 31.9. The highest BCUT2D eigenvalue weighted by Gasteiger charge is 2.14. The van der Waals surface area contributed by atoms with Crippen LogP contribution in [0.3, 0.4) is 0 Å². The van der Waals surface area contributed by atoms with Crippen LogP contribution < -0.4 is 10.0 Å². The van der Waals surface area contributed by atoms with Crippen molar-refractivity contribution in [2.75, 3.05) is 45.9 Å². The van der Waals surface area contributed by atoms with Gasteiger partial charge in [0.25, 0.3) is 0 Å². The smallest absolute Gasteiger partial charge is 0.240 e. The molecule has 1 fully saturated rings. The van der Waals surface area contributed by atoms with E-state index in [0.717, 1.165) is 18.7 Å². The lowest BCUT2D eigenvalue weighted by Crippen LogP contribution is -2.43. The highest BCUT2D eigenvalue weighted by Crippen LogP contribution is 2.09. The van der Waals surface area contributed by atoms with E-state index in [2.05, 4.69) is 10.0 Å². The van der Waals surface area contributed by atoms with Crippen molar-refractivity contribution < 1.29 is 17.9 Å². The van der Waals surface area contributed by atoms with Gasteiger partial charge in [0.05, 0.1) is 24.7 Å². The Kier molecular flexibility index (Phi) is 7.16. The lowest BCUT2D eigenvalue weighted by molar-refractivity contribution is -0.123. The molecule has 1 aromatic rings. The normalized spacial score (nSPS) is 16.0. The minimum Gasteiger partial charge on any atom is -0.379 e. The number of hydrogen-bond donors (Lipinski definition) is 2. The number of aryl methyl sites for hydroxylation is 1. The van der Waals surface area contributed by atoms with Gasteiger partial charge in [0.2, 0.25) is 15.9 Å². The summed E-state index contributed by atoms with van der Waals surface area (Å²) in [5.74, 6) is -0.0432. The molecular formula is C16H25N3O4S. The Balaban J connectivity index is 1.63. The molecule has 0 aliphatic carbocycles. The van der Waals surface area contributed by atoms with Gasteiger partial charge in [-0.15, -0.1) is 0 Å². The summed E-state index contributed by atoms with van der Waals surface area (Å²) in [6.45, 7) is 5.85.